The van der Waals surface area contributed by atoms with Crippen molar-refractivity contribution in [2.75, 3.05) is 25.6 Å². The fraction of sp³-hybridized carbons (Fsp3) is 0.385. The van der Waals surface area contributed by atoms with E-state index in [1.54, 1.807) is 31.3 Å². The zero-order chi connectivity index (χ0) is 13.5. The molecule has 0 bridgehead atoms. The number of hydrogen-bond donors (Lipinski definition) is 1. The van der Waals surface area contributed by atoms with Gasteiger partial charge in [-0.1, -0.05) is 6.07 Å². The summed E-state index contributed by atoms with van der Waals surface area (Å²) in [4.78, 5) is 13.5. The summed E-state index contributed by atoms with van der Waals surface area (Å²) in [5, 5.41) is 8.81. The maximum atomic E-state index is 12.0. The number of ether oxygens (including phenoxy) is 1. The van der Waals surface area contributed by atoms with Crippen molar-refractivity contribution in [3.63, 3.8) is 0 Å². The van der Waals surface area contributed by atoms with Crippen LogP contribution in [-0.2, 0) is 9.53 Å². The van der Waals surface area contributed by atoms with Gasteiger partial charge in [0.25, 0.3) is 0 Å². The Kier molecular flexibility index (Phi) is 5.31. The van der Waals surface area contributed by atoms with Crippen LogP contribution in [0.25, 0.3) is 0 Å². The van der Waals surface area contributed by atoms with Crippen molar-refractivity contribution in [2.24, 2.45) is 5.73 Å². The fourth-order valence-electron chi connectivity index (χ4n) is 1.52. The lowest BCUT2D eigenvalue weighted by molar-refractivity contribution is -0.120. The summed E-state index contributed by atoms with van der Waals surface area (Å²) in [5.41, 5.74) is 6.69. The Morgan fingerprint density at radius 1 is 1.61 bits per heavy atom. The van der Waals surface area contributed by atoms with E-state index < -0.39 is 0 Å². The summed E-state index contributed by atoms with van der Waals surface area (Å²) in [6.07, 6.45) is -0.0561. The summed E-state index contributed by atoms with van der Waals surface area (Å²) in [7, 11) is 3.20. The number of rotatable bonds is 5. The molecule has 1 atom stereocenters. The van der Waals surface area contributed by atoms with E-state index in [1.165, 1.54) is 12.0 Å². The second-order valence-corrected chi connectivity index (χ2v) is 3.91. The minimum absolute atomic E-state index is 0.0950. The van der Waals surface area contributed by atoms with Crippen LogP contribution in [0.15, 0.2) is 24.3 Å². The summed E-state index contributed by atoms with van der Waals surface area (Å²) in [5.74, 6) is -0.0950. The van der Waals surface area contributed by atoms with Gasteiger partial charge in [0.1, 0.15) is 0 Å². The standard InChI is InChI=1S/C13H17N3O2/c1-16(13(17)7-12(9-15)18-2)11-5-3-4-10(6-11)8-14/h3-6,12H,7,9,15H2,1-2H3. The van der Waals surface area contributed by atoms with Crippen LogP contribution < -0.4 is 10.6 Å². The minimum atomic E-state index is -0.279. The molecule has 0 heterocycles. The summed E-state index contributed by atoms with van der Waals surface area (Å²) in [6.45, 7) is 0.300. The first kappa shape index (κ1) is 14.2. The molecule has 96 valence electrons. The third-order valence-corrected chi connectivity index (χ3v) is 2.74. The molecule has 0 aliphatic carbocycles. The van der Waals surface area contributed by atoms with Gasteiger partial charge in [-0.25, -0.2) is 0 Å². The average Bonchev–Trinajstić information content (AvgIpc) is 2.43. The molecule has 0 saturated heterocycles. The highest BCUT2D eigenvalue weighted by Gasteiger charge is 2.16. The van der Waals surface area contributed by atoms with Crippen LogP contribution in [0.2, 0.25) is 0 Å². The second-order valence-electron chi connectivity index (χ2n) is 3.91. The highest BCUT2D eigenvalue weighted by Crippen LogP contribution is 2.15. The van der Waals surface area contributed by atoms with E-state index in [0.717, 1.165) is 0 Å². The number of nitrogens with two attached hydrogens (primary N) is 1. The van der Waals surface area contributed by atoms with Gasteiger partial charge >= 0.3 is 0 Å². The zero-order valence-electron chi connectivity index (χ0n) is 10.6. The SMILES string of the molecule is COC(CN)CC(=O)N(C)c1cccc(C#N)c1. The van der Waals surface area contributed by atoms with Gasteiger partial charge in [0.2, 0.25) is 5.91 Å². The normalized spacial score (nSPS) is 11.7. The first-order chi connectivity index (χ1) is 8.62. The Balaban J connectivity index is 2.77. The third kappa shape index (κ3) is 3.55. The molecule has 0 fully saturated rings. The molecule has 5 nitrogen and oxygen atoms in total. The van der Waals surface area contributed by atoms with Gasteiger partial charge in [-0.2, -0.15) is 5.26 Å². The van der Waals surface area contributed by atoms with Crippen LogP contribution in [0.5, 0.6) is 0 Å². The third-order valence-electron chi connectivity index (χ3n) is 2.74. The van der Waals surface area contributed by atoms with Gasteiger partial charge in [-0.3, -0.25) is 4.79 Å². The number of amides is 1. The number of nitrogens with zero attached hydrogens (tertiary/aromatic N) is 2. The molecule has 0 aliphatic rings. The molecule has 1 aromatic carbocycles. The summed E-state index contributed by atoms with van der Waals surface area (Å²) in [6, 6.07) is 8.93. The van der Waals surface area contributed by atoms with E-state index >= 15 is 0 Å². The number of anilines is 1. The highest BCUT2D eigenvalue weighted by molar-refractivity contribution is 5.93. The maximum Gasteiger partial charge on any atom is 0.229 e. The first-order valence-electron chi connectivity index (χ1n) is 5.62. The molecule has 1 unspecified atom stereocenters. The van der Waals surface area contributed by atoms with Gasteiger partial charge in [0, 0.05) is 26.4 Å². The molecule has 1 amide bonds. The van der Waals surface area contributed by atoms with Gasteiger partial charge < -0.3 is 15.4 Å². The first-order valence-corrected chi connectivity index (χ1v) is 5.62. The molecular formula is C13H17N3O2. The van der Waals surface area contributed by atoms with Crippen LogP contribution in [0, 0.1) is 11.3 Å². The maximum absolute atomic E-state index is 12.0. The lowest BCUT2D eigenvalue weighted by Gasteiger charge is -2.20. The quantitative estimate of drug-likeness (QED) is 0.837. The van der Waals surface area contributed by atoms with Crippen LogP contribution in [-0.4, -0.2) is 32.7 Å². The molecule has 5 heteroatoms. The predicted octanol–water partition coefficient (Wildman–Crippen LogP) is 0.885. The van der Waals surface area contributed by atoms with E-state index in [4.69, 9.17) is 15.7 Å². The number of carbonyl (C=O) groups excluding carboxylic acids is 1. The number of benzene rings is 1. The fourth-order valence-corrected chi connectivity index (χ4v) is 1.52. The van der Waals surface area contributed by atoms with Crippen molar-refractivity contribution in [1.29, 1.82) is 5.26 Å². The molecule has 1 aromatic rings. The molecule has 1 rings (SSSR count). The molecule has 0 aliphatic heterocycles. The highest BCUT2D eigenvalue weighted by atomic mass is 16.5. The van der Waals surface area contributed by atoms with Gasteiger partial charge in [0.05, 0.1) is 24.2 Å². The van der Waals surface area contributed by atoms with Gasteiger partial charge in [-0.05, 0) is 18.2 Å². The molecule has 2 N–H and O–H groups in total. The van der Waals surface area contributed by atoms with Crippen molar-refractivity contribution in [1.82, 2.24) is 0 Å². The lowest BCUT2D eigenvalue weighted by Crippen LogP contribution is -2.33. The van der Waals surface area contributed by atoms with Crippen LogP contribution in [0.1, 0.15) is 12.0 Å². The Labute approximate surface area is 107 Å². The Hall–Kier alpha value is -1.90. The largest absolute Gasteiger partial charge is 0.380 e. The van der Waals surface area contributed by atoms with Crippen LogP contribution >= 0.6 is 0 Å². The van der Waals surface area contributed by atoms with Crippen LogP contribution in [0.3, 0.4) is 0 Å². The molecule has 0 radical (unpaired) electrons. The molecule has 18 heavy (non-hydrogen) atoms. The van der Waals surface area contributed by atoms with Crippen LogP contribution in [0.4, 0.5) is 5.69 Å². The van der Waals surface area contributed by atoms with E-state index in [-0.39, 0.29) is 18.4 Å². The van der Waals surface area contributed by atoms with E-state index in [9.17, 15) is 4.79 Å². The Morgan fingerprint density at radius 3 is 2.89 bits per heavy atom. The summed E-state index contributed by atoms with van der Waals surface area (Å²) < 4.78 is 5.08. The number of nitriles is 1. The van der Waals surface area contributed by atoms with E-state index in [0.29, 0.717) is 17.8 Å². The van der Waals surface area contributed by atoms with Gasteiger partial charge in [0.15, 0.2) is 0 Å². The molecule has 0 aromatic heterocycles. The summed E-state index contributed by atoms with van der Waals surface area (Å²) >= 11 is 0. The predicted molar refractivity (Wildman–Crippen MR) is 69.0 cm³/mol. The molecule has 0 saturated carbocycles. The van der Waals surface area contributed by atoms with Crippen molar-refractivity contribution >= 4 is 11.6 Å². The number of methoxy groups -OCH3 is 1. The van der Waals surface area contributed by atoms with Crippen molar-refractivity contribution < 1.29 is 9.53 Å². The number of hydrogen-bond acceptors (Lipinski definition) is 4. The smallest absolute Gasteiger partial charge is 0.229 e. The van der Waals surface area contributed by atoms with Crippen molar-refractivity contribution in [3.05, 3.63) is 29.8 Å². The Morgan fingerprint density at radius 2 is 2.33 bits per heavy atom. The van der Waals surface area contributed by atoms with Gasteiger partial charge in [-0.15, -0.1) is 0 Å². The topological polar surface area (TPSA) is 79.3 Å². The zero-order valence-corrected chi connectivity index (χ0v) is 10.6. The van der Waals surface area contributed by atoms with Crippen molar-refractivity contribution in [2.45, 2.75) is 12.5 Å². The molecule has 0 spiro atoms. The molecular weight excluding hydrogens is 230 g/mol. The number of carbonyl (C=O) groups is 1. The Bertz CT molecular complexity index is 450. The monoisotopic (exact) mass is 247 g/mol. The second kappa shape index (κ2) is 6.74. The van der Waals surface area contributed by atoms with E-state index in [1.807, 2.05) is 6.07 Å². The average molecular weight is 247 g/mol. The van der Waals surface area contributed by atoms with Crippen molar-refractivity contribution in [3.8, 4) is 6.07 Å². The minimum Gasteiger partial charge on any atom is -0.380 e. The van der Waals surface area contributed by atoms with E-state index in [2.05, 4.69) is 0 Å². The lowest BCUT2D eigenvalue weighted by atomic mass is 10.2.